The van der Waals surface area contributed by atoms with E-state index >= 15 is 0 Å². The second kappa shape index (κ2) is 12.7. The number of allylic oxidation sites excluding steroid dienone is 2. The number of fused-ring (bicyclic) bond motifs is 1. The van der Waals surface area contributed by atoms with Gasteiger partial charge in [-0.1, -0.05) is 35.9 Å². The van der Waals surface area contributed by atoms with Gasteiger partial charge >= 0.3 is 0 Å². The fourth-order valence-electron chi connectivity index (χ4n) is 5.72. The van der Waals surface area contributed by atoms with Crippen LogP contribution in [0.5, 0.6) is 5.75 Å². The van der Waals surface area contributed by atoms with Crippen molar-refractivity contribution in [1.29, 1.82) is 10.7 Å². The predicted octanol–water partition coefficient (Wildman–Crippen LogP) is 4.32. The molecule has 1 aliphatic heterocycles. The second-order valence-corrected chi connectivity index (χ2v) is 12.8. The highest BCUT2D eigenvalue weighted by molar-refractivity contribution is 6.32. The zero-order valence-electron chi connectivity index (χ0n) is 26.9. The van der Waals surface area contributed by atoms with Crippen LogP contribution in [-0.2, 0) is 25.3 Å². The number of nitrogens with two attached hydrogens (primary N) is 1. The first kappa shape index (κ1) is 34.3. The SMILES string of the molecule is COC1=CC(C(=O)NCC(O)(c2cccc(F)c2)c2cc3c(c(-c4cccc(Cl)c4C#N)n2)OC[C@]3(C)C(N)=O)=C/C(=C/NC2(F)CC2)C1=N. The number of carbonyl (C=O) groups excluding carboxylic acids is 2. The van der Waals surface area contributed by atoms with Crippen LogP contribution in [0, 0.1) is 22.6 Å². The summed E-state index contributed by atoms with van der Waals surface area (Å²) in [6.45, 7) is 0.811. The molecule has 2 amide bonds. The molecule has 50 heavy (non-hydrogen) atoms. The molecule has 0 spiro atoms. The number of hydrogen-bond acceptors (Lipinski definition) is 9. The Hall–Kier alpha value is -5.58. The van der Waals surface area contributed by atoms with Crippen molar-refractivity contribution in [2.45, 2.75) is 36.6 Å². The molecule has 1 saturated carbocycles. The maximum absolute atomic E-state index is 14.7. The number of amides is 2. The van der Waals surface area contributed by atoms with Crippen molar-refractivity contribution in [2.24, 2.45) is 5.73 Å². The van der Waals surface area contributed by atoms with Crippen molar-refractivity contribution < 1.29 is 33.0 Å². The van der Waals surface area contributed by atoms with Crippen LogP contribution in [0.25, 0.3) is 11.3 Å². The number of aliphatic hydroxyl groups is 1. The molecule has 2 atom stereocenters. The Morgan fingerprint density at radius 3 is 2.66 bits per heavy atom. The van der Waals surface area contributed by atoms with Gasteiger partial charge in [-0.05, 0) is 48.9 Å². The van der Waals surface area contributed by atoms with E-state index in [-0.39, 0.29) is 73.6 Å². The van der Waals surface area contributed by atoms with E-state index in [2.05, 4.69) is 16.7 Å². The van der Waals surface area contributed by atoms with Gasteiger partial charge in [0.15, 0.2) is 5.79 Å². The number of nitriles is 1. The summed E-state index contributed by atoms with van der Waals surface area (Å²) in [5.74, 6) is -3.54. The van der Waals surface area contributed by atoms with E-state index in [0.29, 0.717) is 12.8 Å². The molecule has 2 aliphatic carbocycles. The van der Waals surface area contributed by atoms with Crippen molar-refractivity contribution in [3.63, 3.8) is 0 Å². The third kappa shape index (κ3) is 6.08. The minimum Gasteiger partial charge on any atom is -0.494 e. The molecular weight excluding hydrogens is 670 g/mol. The molecule has 3 aromatic rings. The van der Waals surface area contributed by atoms with Crippen molar-refractivity contribution in [2.75, 3.05) is 20.3 Å². The van der Waals surface area contributed by atoms with Gasteiger partial charge in [0.1, 0.15) is 52.4 Å². The third-order valence-electron chi connectivity index (χ3n) is 9.02. The highest BCUT2D eigenvalue weighted by atomic mass is 35.5. The first-order valence-electron chi connectivity index (χ1n) is 15.4. The van der Waals surface area contributed by atoms with Crippen LogP contribution in [-0.4, -0.2) is 53.7 Å². The number of carbonyl (C=O) groups is 2. The molecule has 11 nitrogen and oxygen atoms in total. The molecule has 1 fully saturated rings. The number of primary amides is 1. The fraction of sp³-hybridized carbons (Fsp3) is 0.250. The van der Waals surface area contributed by atoms with Crippen molar-refractivity contribution in [3.8, 4) is 23.1 Å². The molecule has 3 aliphatic rings. The first-order chi connectivity index (χ1) is 23.7. The van der Waals surface area contributed by atoms with E-state index in [4.69, 9.17) is 37.2 Å². The topological polar surface area (TPSA) is 183 Å². The van der Waals surface area contributed by atoms with Gasteiger partial charge in [-0.25, -0.2) is 13.8 Å². The monoisotopic (exact) mass is 700 g/mol. The molecule has 2 heterocycles. The largest absolute Gasteiger partial charge is 0.494 e. The van der Waals surface area contributed by atoms with Gasteiger partial charge in [0.2, 0.25) is 5.91 Å². The summed E-state index contributed by atoms with van der Waals surface area (Å²) in [5, 5.41) is 36.3. The Labute approximate surface area is 290 Å². The van der Waals surface area contributed by atoms with Gasteiger partial charge in [0, 0.05) is 41.3 Å². The van der Waals surface area contributed by atoms with Crippen LogP contribution in [0.3, 0.4) is 0 Å². The number of alkyl halides is 1. The molecular formula is C36H31ClF2N6O5. The number of methoxy groups -OCH3 is 1. The van der Waals surface area contributed by atoms with E-state index in [1.165, 1.54) is 55.8 Å². The molecule has 6 N–H and O–H groups in total. The van der Waals surface area contributed by atoms with Crippen LogP contribution in [0.2, 0.25) is 5.02 Å². The molecule has 6 rings (SSSR count). The van der Waals surface area contributed by atoms with E-state index in [1.54, 1.807) is 19.1 Å². The fourth-order valence-corrected chi connectivity index (χ4v) is 5.93. The second-order valence-electron chi connectivity index (χ2n) is 12.4. The number of benzene rings is 2. The molecule has 1 unspecified atom stereocenters. The summed E-state index contributed by atoms with van der Waals surface area (Å²) in [7, 11) is 1.32. The van der Waals surface area contributed by atoms with Crippen LogP contribution in [0.1, 0.15) is 42.1 Å². The number of hydrogen-bond donors (Lipinski definition) is 5. The first-order valence-corrected chi connectivity index (χ1v) is 15.8. The lowest BCUT2D eigenvalue weighted by atomic mass is 9.80. The van der Waals surface area contributed by atoms with Gasteiger partial charge in [-0.15, -0.1) is 0 Å². The molecule has 1 aromatic heterocycles. The Morgan fingerprint density at radius 1 is 1.26 bits per heavy atom. The highest BCUT2D eigenvalue weighted by Crippen LogP contribution is 2.47. The van der Waals surface area contributed by atoms with Crippen LogP contribution in [0.15, 0.2) is 83.8 Å². The summed E-state index contributed by atoms with van der Waals surface area (Å²) < 4.78 is 40.3. The maximum Gasteiger partial charge on any atom is 0.251 e. The molecule has 0 radical (unpaired) electrons. The average molecular weight is 701 g/mol. The number of nitrogens with one attached hydrogen (secondary N) is 3. The molecule has 2 aromatic carbocycles. The minimum absolute atomic E-state index is 0.00233. The van der Waals surface area contributed by atoms with Gasteiger partial charge in [-0.2, -0.15) is 5.26 Å². The van der Waals surface area contributed by atoms with E-state index in [0.717, 1.165) is 6.07 Å². The Balaban J connectivity index is 1.47. The molecule has 0 bridgehead atoms. The van der Waals surface area contributed by atoms with Crippen molar-refractivity contribution in [1.82, 2.24) is 15.6 Å². The van der Waals surface area contributed by atoms with E-state index in [9.17, 15) is 28.7 Å². The van der Waals surface area contributed by atoms with Gasteiger partial charge < -0.3 is 30.9 Å². The lowest BCUT2D eigenvalue weighted by Gasteiger charge is -2.30. The van der Waals surface area contributed by atoms with Crippen molar-refractivity contribution >= 4 is 29.1 Å². The molecule has 0 saturated heterocycles. The van der Waals surface area contributed by atoms with E-state index < -0.39 is 41.0 Å². The number of ether oxygens (including phenoxy) is 2. The van der Waals surface area contributed by atoms with Gasteiger partial charge in [-0.3, -0.25) is 15.0 Å². The number of rotatable bonds is 10. The van der Waals surface area contributed by atoms with Crippen LogP contribution >= 0.6 is 11.6 Å². The Bertz CT molecular complexity index is 2110. The lowest BCUT2D eigenvalue weighted by molar-refractivity contribution is -0.123. The summed E-state index contributed by atoms with van der Waals surface area (Å²) in [5.41, 5.74) is 2.77. The number of aromatic nitrogens is 1. The minimum atomic E-state index is -2.25. The van der Waals surface area contributed by atoms with Crippen LogP contribution in [0.4, 0.5) is 8.78 Å². The number of pyridine rings is 1. The zero-order chi connectivity index (χ0) is 36.0. The summed E-state index contributed by atoms with van der Waals surface area (Å²) >= 11 is 6.36. The predicted molar refractivity (Wildman–Crippen MR) is 179 cm³/mol. The van der Waals surface area contributed by atoms with E-state index in [1.807, 2.05) is 0 Å². The van der Waals surface area contributed by atoms with Gasteiger partial charge in [0.05, 0.1) is 29.9 Å². The lowest BCUT2D eigenvalue weighted by Crippen LogP contribution is -2.43. The summed E-state index contributed by atoms with van der Waals surface area (Å²) in [6.07, 6.45) is 4.61. The molecule has 14 heteroatoms. The smallest absolute Gasteiger partial charge is 0.251 e. The van der Waals surface area contributed by atoms with Crippen molar-refractivity contribution in [3.05, 3.63) is 117 Å². The van der Waals surface area contributed by atoms with Gasteiger partial charge in [0.25, 0.3) is 5.91 Å². The molecule has 256 valence electrons. The maximum atomic E-state index is 14.7. The quantitative estimate of drug-likeness (QED) is 0.194. The van der Waals surface area contributed by atoms with Crippen LogP contribution < -0.4 is 21.1 Å². The standard InChI is InChI=1S/C36H31ClF2N6O5/c1-34(33(42)47)18-50-31-25(34)14-28(45-30(31)23-7-4-8-26(37)24(23)15-40)36(48,21-5-3-6-22(38)13-21)17-43-32(46)19-11-20(16-44-35(39)9-10-35)29(41)27(12-19)49-2/h3-8,11-14,16,41,44,48H,9-10,17-18H2,1-2H3,(H2,42,47)(H,43,46)/b20-16-,41-29?/t34-,36?/m0/s1. The Kier molecular flexibility index (Phi) is 8.71. The summed E-state index contributed by atoms with van der Waals surface area (Å²) in [4.78, 5) is 31.2. The number of nitrogens with zero attached hydrogens (tertiary/aromatic N) is 2. The summed E-state index contributed by atoms with van der Waals surface area (Å²) in [6, 6.07) is 13.2. The zero-order valence-corrected chi connectivity index (χ0v) is 27.6. The average Bonchev–Trinajstić information content (AvgIpc) is 3.74. The normalized spacial score (nSPS) is 20.7. The number of halogens is 3. The highest BCUT2D eigenvalue weighted by Gasteiger charge is 2.46. The third-order valence-corrected chi connectivity index (χ3v) is 9.33. The Morgan fingerprint density at radius 2 is 2.00 bits per heavy atom.